The molecule has 0 radical (unpaired) electrons. The zero-order chi connectivity index (χ0) is 56.6. The number of carbonyl (C=O) groups excluding carboxylic acids is 10. The van der Waals surface area contributed by atoms with E-state index in [4.69, 9.17) is 22.3 Å². The molecule has 416 valence electrons. The summed E-state index contributed by atoms with van der Waals surface area (Å²) in [5.41, 5.74) is 16.5. The number of hydrogen-bond donors (Lipinski definition) is 17. The molecule has 0 bridgehead atoms. The number of unbranched alkanes of at least 4 members (excludes halogenated alkanes) is 1. The van der Waals surface area contributed by atoms with Crippen LogP contribution in [0.15, 0.2) is 0 Å². The van der Waals surface area contributed by atoms with Gasteiger partial charge in [0, 0.05) is 6.42 Å². The van der Waals surface area contributed by atoms with E-state index in [9.17, 15) is 78.0 Å². The average Bonchev–Trinajstić information content (AvgIpc) is 3.28. The van der Waals surface area contributed by atoms with Crippen LogP contribution in [0.25, 0.3) is 0 Å². The van der Waals surface area contributed by atoms with Crippen molar-refractivity contribution in [2.75, 3.05) is 6.54 Å². The summed E-state index contributed by atoms with van der Waals surface area (Å²) in [5, 5.41) is 70.8. The second-order valence-corrected chi connectivity index (χ2v) is 18.2. The quantitative estimate of drug-likeness (QED) is 0.0267. The van der Waals surface area contributed by atoms with E-state index in [0.717, 1.165) is 20.8 Å². The van der Waals surface area contributed by atoms with E-state index in [2.05, 4.69) is 47.9 Å². The minimum absolute atomic E-state index is 0.0251. The predicted molar refractivity (Wildman–Crippen MR) is 257 cm³/mol. The summed E-state index contributed by atoms with van der Waals surface area (Å²) < 4.78 is 0. The zero-order valence-corrected chi connectivity index (χ0v) is 42.7. The first-order valence-corrected chi connectivity index (χ1v) is 23.8. The van der Waals surface area contributed by atoms with Gasteiger partial charge < -0.3 is 90.6 Å². The first-order chi connectivity index (χ1) is 33.8. The smallest absolute Gasteiger partial charge is 0.325 e. The Morgan fingerprint density at radius 2 is 0.836 bits per heavy atom. The van der Waals surface area contributed by atoms with Crippen molar-refractivity contribution >= 4 is 71.0 Å². The molecule has 73 heavy (non-hydrogen) atoms. The molecule has 0 fully saturated rings. The summed E-state index contributed by atoms with van der Waals surface area (Å²) in [6.07, 6.45) is -6.01. The van der Waals surface area contributed by atoms with Crippen LogP contribution in [0.5, 0.6) is 0 Å². The van der Waals surface area contributed by atoms with E-state index >= 15 is 0 Å². The number of aliphatic hydroxyl groups excluding tert-OH is 3. The summed E-state index contributed by atoms with van der Waals surface area (Å²) >= 11 is 0. The predicted octanol–water partition coefficient (Wildman–Crippen LogP) is -6.49. The number of nitrogens with two attached hydrogens (primary N) is 3. The Hall–Kier alpha value is -6.56. The molecule has 0 aliphatic rings. The van der Waals surface area contributed by atoms with Gasteiger partial charge in [0.25, 0.3) is 0 Å². The highest BCUT2D eigenvalue weighted by atomic mass is 16.4. The lowest BCUT2D eigenvalue weighted by molar-refractivity contribution is -0.142. The van der Waals surface area contributed by atoms with Crippen LogP contribution in [0.1, 0.15) is 107 Å². The van der Waals surface area contributed by atoms with Crippen LogP contribution in [0.2, 0.25) is 0 Å². The van der Waals surface area contributed by atoms with Crippen molar-refractivity contribution in [2.24, 2.45) is 29.0 Å². The molecule has 0 unspecified atom stereocenters. The highest BCUT2D eigenvalue weighted by Crippen LogP contribution is 2.13. The van der Waals surface area contributed by atoms with Crippen molar-refractivity contribution in [1.29, 1.82) is 0 Å². The number of carboxylic acids is 2. The molecule has 0 heterocycles. The highest BCUT2D eigenvalue weighted by Gasteiger charge is 2.39. The minimum atomic E-state index is -1.95. The van der Waals surface area contributed by atoms with E-state index in [1.165, 1.54) is 27.7 Å². The van der Waals surface area contributed by atoms with Crippen molar-refractivity contribution in [3.63, 3.8) is 0 Å². The van der Waals surface area contributed by atoms with E-state index in [1.807, 2.05) is 0 Å². The van der Waals surface area contributed by atoms with Gasteiger partial charge in [-0.05, 0) is 78.7 Å². The van der Waals surface area contributed by atoms with Gasteiger partial charge in [0.1, 0.15) is 54.4 Å². The van der Waals surface area contributed by atoms with Gasteiger partial charge in [-0.15, -0.1) is 0 Å². The largest absolute Gasteiger partial charge is 0.481 e. The lowest BCUT2D eigenvalue weighted by atomic mass is 9.95. The number of primary amides is 1. The average molecular weight is 1050 g/mol. The normalized spacial score (nSPS) is 17.0. The summed E-state index contributed by atoms with van der Waals surface area (Å²) in [6.45, 7) is 12.2. The third-order valence-corrected chi connectivity index (χ3v) is 11.3. The topological polar surface area (TPSA) is 492 Å². The fourth-order valence-electron chi connectivity index (χ4n) is 6.60. The summed E-state index contributed by atoms with van der Waals surface area (Å²) in [6, 6.07) is -15.7. The molecular weight excluding hydrogens is 969 g/mol. The van der Waals surface area contributed by atoms with Crippen LogP contribution in [0.4, 0.5) is 0 Å². The van der Waals surface area contributed by atoms with Crippen LogP contribution in [-0.4, -0.2) is 182 Å². The van der Waals surface area contributed by atoms with Crippen molar-refractivity contribution in [3.05, 3.63) is 0 Å². The lowest BCUT2D eigenvalue weighted by Crippen LogP contribution is -2.64. The summed E-state index contributed by atoms with van der Waals surface area (Å²) in [4.78, 5) is 156. The SMILES string of the molecule is CC[C@H](C)[C@H](NC(=O)[C@@H](NC(=O)[C@H](CCC(=O)O)NC(=O)[C@H](C)N)[C@@H](C)O)C(=O)N[C@H](C(=O)N[C@@H](CC(N)=O)C(=O)N[C@H](C(=O)N[C@H](C(=O)N[C@@H](CCCCN)C(=O)N[C@@H](C)C(=O)O)[C@@H](C)O)[C@@H](C)O)C(C)C. The molecule has 0 saturated carbocycles. The van der Waals surface area contributed by atoms with E-state index < -0.39 is 181 Å². The van der Waals surface area contributed by atoms with Crippen LogP contribution in [0, 0.1) is 11.8 Å². The van der Waals surface area contributed by atoms with Crippen molar-refractivity contribution < 1.29 is 83.1 Å². The fraction of sp³-hybridized carbons (Fsp3) is 0.727. The Bertz CT molecular complexity index is 1930. The zero-order valence-electron chi connectivity index (χ0n) is 42.7. The lowest BCUT2D eigenvalue weighted by Gasteiger charge is -2.31. The van der Waals surface area contributed by atoms with Crippen LogP contribution in [0.3, 0.4) is 0 Å². The van der Waals surface area contributed by atoms with Crippen LogP contribution < -0.4 is 65.1 Å². The van der Waals surface area contributed by atoms with Crippen LogP contribution in [-0.2, 0) is 57.5 Å². The van der Waals surface area contributed by atoms with E-state index in [-0.39, 0.29) is 19.4 Å². The number of carboxylic acid groups (broad SMARTS) is 2. The number of carbonyl (C=O) groups is 12. The van der Waals surface area contributed by atoms with Gasteiger partial charge in [-0.1, -0.05) is 34.1 Å². The van der Waals surface area contributed by atoms with E-state index in [0.29, 0.717) is 12.8 Å². The summed E-state index contributed by atoms with van der Waals surface area (Å²) in [5.74, 6) is -14.9. The standard InChI is InChI=1S/C44H78N12O17/c1-10-19(4)31(53-42(70)33(23(8)58)54-37(65)26(14-15-29(61)62)49-35(63)20(5)46)40(68)52-30(18(2)3)39(67)51-27(17-28(47)60)38(66)55-34(24(9)59)43(71)56-32(22(7)57)41(69)50-25(13-11-12-16-45)36(64)48-21(6)44(72)73/h18-27,30-34,57-59H,10-17,45-46H2,1-9H3,(H2,47,60)(H,48,64)(H,49,63)(H,50,69)(H,51,67)(H,52,68)(H,53,70)(H,54,65)(H,55,66)(H,56,71)(H,61,62)(H,72,73)/t19-,20-,21-,22+,23+,24+,25-,26-,27-,30-,31-,32-,33-,34-/m0/s1. The maximum Gasteiger partial charge on any atom is 0.325 e. The van der Waals surface area contributed by atoms with Gasteiger partial charge in [0.15, 0.2) is 0 Å². The highest BCUT2D eigenvalue weighted by molar-refractivity contribution is 5.99. The van der Waals surface area contributed by atoms with Gasteiger partial charge >= 0.3 is 11.9 Å². The van der Waals surface area contributed by atoms with Gasteiger partial charge in [0.2, 0.25) is 59.1 Å². The second kappa shape index (κ2) is 32.5. The Morgan fingerprint density at radius 1 is 0.466 bits per heavy atom. The Morgan fingerprint density at radius 3 is 1.25 bits per heavy atom. The van der Waals surface area contributed by atoms with E-state index in [1.54, 1.807) is 13.8 Å². The number of aliphatic hydroxyl groups is 3. The van der Waals surface area contributed by atoms with Crippen molar-refractivity contribution in [3.8, 4) is 0 Å². The monoisotopic (exact) mass is 1050 g/mol. The molecular formula is C44H78N12O17. The molecule has 0 spiro atoms. The molecule has 0 aliphatic carbocycles. The molecule has 0 rings (SSSR count). The van der Waals surface area contributed by atoms with Gasteiger partial charge in [-0.3, -0.25) is 57.5 Å². The van der Waals surface area contributed by atoms with Gasteiger partial charge in [-0.25, -0.2) is 0 Å². The summed E-state index contributed by atoms with van der Waals surface area (Å²) in [7, 11) is 0. The minimum Gasteiger partial charge on any atom is -0.481 e. The second-order valence-electron chi connectivity index (χ2n) is 18.2. The fourth-order valence-corrected chi connectivity index (χ4v) is 6.60. The molecule has 0 saturated heterocycles. The molecule has 0 aliphatic heterocycles. The molecule has 29 heteroatoms. The molecule has 20 N–H and O–H groups in total. The maximum absolute atomic E-state index is 14.0. The molecule has 10 amide bonds. The van der Waals surface area contributed by atoms with Crippen molar-refractivity contribution in [2.45, 2.75) is 186 Å². The number of hydrogen-bond acceptors (Lipinski definition) is 17. The van der Waals surface area contributed by atoms with Gasteiger partial charge in [-0.2, -0.15) is 0 Å². The molecule has 29 nitrogen and oxygen atoms in total. The third-order valence-electron chi connectivity index (χ3n) is 11.3. The van der Waals surface area contributed by atoms with Gasteiger partial charge in [0.05, 0.1) is 30.8 Å². The Labute approximate surface area is 422 Å². The van der Waals surface area contributed by atoms with Crippen LogP contribution >= 0.6 is 0 Å². The molecule has 14 atom stereocenters. The van der Waals surface area contributed by atoms with Crippen molar-refractivity contribution in [1.82, 2.24) is 47.9 Å². The Balaban J connectivity index is 6.52. The number of rotatable bonds is 34. The first kappa shape index (κ1) is 66.4. The first-order valence-electron chi connectivity index (χ1n) is 23.8. The number of nitrogens with one attached hydrogen (secondary N) is 9. The Kier molecular flexibility index (Phi) is 29.6. The molecule has 0 aromatic carbocycles. The molecule has 0 aromatic heterocycles. The number of amides is 10. The number of aliphatic carboxylic acids is 2. The third kappa shape index (κ3) is 23.7. The molecule has 0 aromatic rings. The maximum atomic E-state index is 14.0.